The predicted octanol–water partition coefficient (Wildman–Crippen LogP) is 0.894. The molecule has 1 aromatic heterocycles. The number of aliphatic hydroxyl groups is 1. The Balaban J connectivity index is 1.72. The predicted molar refractivity (Wildman–Crippen MR) is 94.5 cm³/mol. The number of hydrogen-bond acceptors (Lipinski definition) is 7. The Hall–Kier alpha value is -1.55. The summed E-state index contributed by atoms with van der Waals surface area (Å²) < 4.78 is 25.3. The lowest BCUT2D eigenvalue weighted by Crippen LogP contribution is -2.33. The second-order valence-electron chi connectivity index (χ2n) is 6.05. The molecule has 1 fully saturated rings. The van der Waals surface area contributed by atoms with Crippen molar-refractivity contribution in [2.75, 3.05) is 37.8 Å². The van der Waals surface area contributed by atoms with Crippen molar-refractivity contribution in [3.05, 3.63) is 30.3 Å². The molecule has 1 saturated heterocycles. The Morgan fingerprint density at radius 1 is 1.25 bits per heavy atom. The van der Waals surface area contributed by atoms with E-state index in [4.69, 9.17) is 0 Å². The van der Waals surface area contributed by atoms with Crippen LogP contribution in [0.4, 0.5) is 5.13 Å². The number of anilines is 1. The summed E-state index contributed by atoms with van der Waals surface area (Å²) in [5.41, 5.74) is 0.993. The molecule has 0 amide bonds. The Morgan fingerprint density at radius 2 is 1.96 bits per heavy atom. The van der Waals surface area contributed by atoms with Crippen molar-refractivity contribution in [3.63, 3.8) is 0 Å². The van der Waals surface area contributed by atoms with Gasteiger partial charge in [0.2, 0.25) is 15.2 Å². The normalized spacial score (nSPS) is 21.6. The van der Waals surface area contributed by atoms with Gasteiger partial charge in [0, 0.05) is 38.7 Å². The fraction of sp³-hybridized carbons (Fsp3) is 0.467. The molecule has 130 valence electrons. The highest BCUT2D eigenvalue weighted by atomic mass is 32.2. The molecule has 7 nitrogen and oxygen atoms in total. The molecular weight excluding hydrogens is 348 g/mol. The summed E-state index contributed by atoms with van der Waals surface area (Å²) in [5.74, 6) is -0.399. The summed E-state index contributed by atoms with van der Waals surface area (Å²) in [6, 6.07) is 9.76. The molecule has 0 unspecified atom stereocenters. The molecule has 1 aliphatic rings. The molecule has 24 heavy (non-hydrogen) atoms. The van der Waals surface area contributed by atoms with Crippen LogP contribution < -0.4 is 4.90 Å². The summed E-state index contributed by atoms with van der Waals surface area (Å²) in [4.78, 5) is 1.91. The van der Waals surface area contributed by atoms with Gasteiger partial charge in [0.25, 0.3) is 0 Å². The van der Waals surface area contributed by atoms with Crippen molar-refractivity contribution in [1.82, 2.24) is 14.5 Å². The second kappa shape index (κ2) is 6.75. The van der Waals surface area contributed by atoms with Gasteiger partial charge in [0.1, 0.15) is 5.01 Å². The average molecular weight is 368 g/mol. The maximum Gasteiger partial charge on any atom is 0.214 e. The molecule has 2 aromatic rings. The third-order valence-corrected chi connectivity index (χ3v) is 7.09. The zero-order chi connectivity index (χ0) is 17.3. The Labute approximate surface area is 145 Å². The molecule has 2 atom stereocenters. The van der Waals surface area contributed by atoms with E-state index < -0.39 is 16.1 Å². The van der Waals surface area contributed by atoms with E-state index in [1.807, 2.05) is 35.2 Å². The fourth-order valence-corrected chi connectivity index (χ4v) is 4.67. The number of nitrogens with zero attached hydrogens (tertiary/aromatic N) is 4. The monoisotopic (exact) mass is 368 g/mol. The highest BCUT2D eigenvalue weighted by molar-refractivity contribution is 7.89. The van der Waals surface area contributed by atoms with Gasteiger partial charge in [-0.05, 0) is 0 Å². The first kappa shape index (κ1) is 17.3. The molecular formula is C15H20N4O3S2. The van der Waals surface area contributed by atoms with E-state index in [-0.39, 0.29) is 11.7 Å². The van der Waals surface area contributed by atoms with Gasteiger partial charge in [-0.2, -0.15) is 0 Å². The topological polar surface area (TPSA) is 86.6 Å². The summed E-state index contributed by atoms with van der Waals surface area (Å²) in [6.07, 6.45) is -0.691. The Bertz CT molecular complexity index is 792. The van der Waals surface area contributed by atoms with Gasteiger partial charge in [-0.1, -0.05) is 41.7 Å². The zero-order valence-corrected chi connectivity index (χ0v) is 15.2. The van der Waals surface area contributed by atoms with Gasteiger partial charge < -0.3 is 10.0 Å². The van der Waals surface area contributed by atoms with Crippen molar-refractivity contribution >= 4 is 26.5 Å². The first-order chi connectivity index (χ1) is 11.4. The van der Waals surface area contributed by atoms with Crippen LogP contribution in [0.3, 0.4) is 0 Å². The number of rotatable bonds is 5. The van der Waals surface area contributed by atoms with E-state index in [9.17, 15) is 13.5 Å². The third-order valence-electron chi connectivity index (χ3n) is 4.09. The molecule has 1 aromatic carbocycles. The van der Waals surface area contributed by atoms with E-state index in [2.05, 4.69) is 10.2 Å². The van der Waals surface area contributed by atoms with Crippen molar-refractivity contribution < 1.29 is 13.5 Å². The molecule has 9 heteroatoms. The van der Waals surface area contributed by atoms with Gasteiger partial charge >= 0.3 is 0 Å². The maximum atomic E-state index is 12.0. The van der Waals surface area contributed by atoms with E-state index in [0.29, 0.717) is 18.2 Å². The number of β-amino-alcohol motifs (C(OH)–C–C–N with tert-alkyl or cyclic N) is 1. The first-order valence-corrected chi connectivity index (χ1v) is 10.0. The van der Waals surface area contributed by atoms with Gasteiger partial charge in [-0.3, -0.25) is 0 Å². The summed E-state index contributed by atoms with van der Waals surface area (Å²) in [7, 11) is -0.333. The van der Waals surface area contributed by atoms with Crippen molar-refractivity contribution in [3.8, 4) is 10.6 Å². The molecule has 0 spiro atoms. The quantitative estimate of drug-likeness (QED) is 0.844. The van der Waals surface area contributed by atoms with Gasteiger partial charge in [0.15, 0.2) is 0 Å². The molecule has 0 saturated carbocycles. The second-order valence-corrected chi connectivity index (χ2v) is 9.23. The van der Waals surface area contributed by atoms with E-state index in [1.54, 1.807) is 0 Å². The number of benzene rings is 1. The van der Waals surface area contributed by atoms with Crippen molar-refractivity contribution in [1.29, 1.82) is 0 Å². The molecule has 2 heterocycles. The van der Waals surface area contributed by atoms with Crippen LogP contribution in [0.1, 0.15) is 0 Å². The van der Waals surface area contributed by atoms with Gasteiger partial charge in [-0.15, -0.1) is 10.2 Å². The summed E-state index contributed by atoms with van der Waals surface area (Å²) >= 11 is 1.44. The van der Waals surface area contributed by atoms with Crippen LogP contribution in [0, 0.1) is 5.92 Å². The van der Waals surface area contributed by atoms with Gasteiger partial charge in [-0.25, -0.2) is 12.7 Å². The SMILES string of the molecule is CN(C)S(=O)(=O)C[C@@H]1CN(c2nnc(-c3ccccc3)s2)C[C@@H]1O. The summed E-state index contributed by atoms with van der Waals surface area (Å²) in [5, 5.41) is 20.1. The van der Waals surface area contributed by atoms with Crippen molar-refractivity contribution in [2.45, 2.75) is 6.10 Å². The lowest BCUT2D eigenvalue weighted by atomic mass is 10.1. The molecule has 0 bridgehead atoms. The lowest BCUT2D eigenvalue weighted by molar-refractivity contribution is 0.157. The molecule has 1 aliphatic heterocycles. The fourth-order valence-electron chi connectivity index (χ4n) is 2.63. The Morgan fingerprint density at radius 3 is 2.62 bits per heavy atom. The Kier molecular flexibility index (Phi) is 4.86. The van der Waals surface area contributed by atoms with E-state index in [0.717, 1.165) is 10.6 Å². The van der Waals surface area contributed by atoms with E-state index in [1.165, 1.54) is 29.7 Å². The number of hydrogen-bond donors (Lipinski definition) is 1. The molecule has 3 rings (SSSR count). The van der Waals surface area contributed by atoms with Crippen molar-refractivity contribution in [2.24, 2.45) is 5.92 Å². The van der Waals surface area contributed by atoms with Crippen LogP contribution in [0.5, 0.6) is 0 Å². The third kappa shape index (κ3) is 3.59. The van der Waals surface area contributed by atoms with Gasteiger partial charge in [0.05, 0.1) is 11.9 Å². The largest absolute Gasteiger partial charge is 0.391 e. The number of aliphatic hydroxyl groups excluding tert-OH is 1. The minimum absolute atomic E-state index is 0.0674. The van der Waals surface area contributed by atoms with Crippen LogP contribution in [-0.2, 0) is 10.0 Å². The average Bonchev–Trinajstić information content (AvgIpc) is 3.15. The number of sulfonamides is 1. The minimum Gasteiger partial charge on any atom is -0.391 e. The molecule has 1 N–H and O–H groups in total. The van der Waals surface area contributed by atoms with E-state index >= 15 is 0 Å². The smallest absolute Gasteiger partial charge is 0.214 e. The number of aromatic nitrogens is 2. The molecule has 0 radical (unpaired) electrons. The minimum atomic E-state index is -3.34. The van der Waals surface area contributed by atoms with Crippen LogP contribution in [0.2, 0.25) is 0 Å². The first-order valence-electron chi connectivity index (χ1n) is 7.59. The van der Waals surface area contributed by atoms with Crippen LogP contribution in [-0.4, -0.2) is 67.1 Å². The van der Waals surface area contributed by atoms with Crippen LogP contribution in [0.25, 0.3) is 10.6 Å². The summed E-state index contributed by atoms with van der Waals surface area (Å²) in [6.45, 7) is 0.828. The lowest BCUT2D eigenvalue weighted by Gasteiger charge is -2.17. The standard InChI is InChI=1S/C15H20N4O3S2/c1-18(2)24(21,22)10-12-8-19(9-13(12)20)15-17-16-14(23-15)11-6-4-3-5-7-11/h3-7,12-13,20H,8-10H2,1-2H3/t12-,13-/m0/s1. The molecule has 0 aliphatic carbocycles. The highest BCUT2D eigenvalue weighted by Gasteiger charge is 2.36. The zero-order valence-electron chi connectivity index (χ0n) is 13.5. The van der Waals surface area contributed by atoms with Crippen LogP contribution >= 0.6 is 11.3 Å². The maximum absolute atomic E-state index is 12.0. The van der Waals surface area contributed by atoms with Crippen LogP contribution in [0.15, 0.2) is 30.3 Å². The highest BCUT2D eigenvalue weighted by Crippen LogP contribution is 2.32.